The van der Waals surface area contributed by atoms with E-state index in [0.717, 1.165) is 15.3 Å². The quantitative estimate of drug-likeness (QED) is 0.531. The second-order valence-corrected chi connectivity index (χ2v) is 11.0. The summed E-state index contributed by atoms with van der Waals surface area (Å²) >= 11 is 13.4. The summed E-state index contributed by atoms with van der Waals surface area (Å²) in [7, 11) is -3.26. The topological polar surface area (TPSA) is 79.8 Å². The molecule has 1 aromatic heterocycles. The molecule has 0 spiro atoms. The van der Waals surface area contributed by atoms with E-state index >= 15 is 0 Å². The van der Waals surface area contributed by atoms with Gasteiger partial charge in [-0.05, 0) is 36.4 Å². The molecule has 1 fully saturated rings. The van der Waals surface area contributed by atoms with Gasteiger partial charge in [0.2, 0.25) is 0 Å². The summed E-state index contributed by atoms with van der Waals surface area (Å²) in [4.78, 5) is 21.3. The molecule has 3 aromatic rings. The number of thiazole rings is 1. The number of anilines is 1. The van der Waals surface area contributed by atoms with Crippen molar-refractivity contribution in [3.8, 4) is 5.75 Å². The van der Waals surface area contributed by atoms with E-state index in [-0.39, 0.29) is 17.4 Å². The molecule has 31 heavy (non-hydrogen) atoms. The van der Waals surface area contributed by atoms with Crippen molar-refractivity contribution >= 4 is 65.6 Å². The standard InChI is InChI=1S/C20H19Cl2N3O4S2/c1-31(27,28)14-3-4-16-18(11-14)30-20(23-16)25-8-6-24(7-9-25)19(26)12-29-17-5-2-13(21)10-15(17)22/h2-5,10-11H,6-9,12H2,1H3. The van der Waals surface area contributed by atoms with Gasteiger partial charge in [-0.15, -0.1) is 0 Å². The van der Waals surface area contributed by atoms with Crippen LogP contribution in [0.2, 0.25) is 10.0 Å². The second kappa shape index (κ2) is 8.82. The van der Waals surface area contributed by atoms with E-state index in [4.69, 9.17) is 27.9 Å². The SMILES string of the molecule is CS(=O)(=O)c1ccc2nc(N3CCN(C(=O)COc4ccc(Cl)cc4Cl)CC3)sc2c1. The van der Waals surface area contributed by atoms with Crippen LogP contribution in [0.4, 0.5) is 5.13 Å². The van der Waals surface area contributed by atoms with E-state index in [1.807, 2.05) is 0 Å². The van der Waals surface area contributed by atoms with Crippen molar-refractivity contribution in [3.63, 3.8) is 0 Å². The summed E-state index contributed by atoms with van der Waals surface area (Å²) < 4.78 is 29.9. The van der Waals surface area contributed by atoms with Gasteiger partial charge >= 0.3 is 0 Å². The van der Waals surface area contributed by atoms with Gasteiger partial charge in [0.15, 0.2) is 21.6 Å². The average Bonchev–Trinajstić information content (AvgIpc) is 3.16. The molecule has 1 aliphatic heterocycles. The number of nitrogens with zero attached hydrogens (tertiary/aromatic N) is 3. The molecule has 4 rings (SSSR count). The molecular weight excluding hydrogens is 481 g/mol. The Balaban J connectivity index is 1.36. The molecule has 0 bridgehead atoms. The molecule has 0 N–H and O–H groups in total. The van der Waals surface area contributed by atoms with Crippen LogP contribution in [-0.4, -0.2) is 63.3 Å². The van der Waals surface area contributed by atoms with E-state index in [0.29, 0.717) is 42.0 Å². The summed E-state index contributed by atoms with van der Waals surface area (Å²) in [6.45, 7) is 2.25. The zero-order chi connectivity index (χ0) is 22.2. The van der Waals surface area contributed by atoms with Gasteiger partial charge in [0.1, 0.15) is 5.75 Å². The van der Waals surface area contributed by atoms with Crippen LogP contribution >= 0.6 is 34.5 Å². The Bertz CT molecular complexity index is 1240. The number of halogens is 2. The molecule has 1 aliphatic rings. The molecule has 1 saturated heterocycles. The van der Waals surface area contributed by atoms with E-state index in [1.165, 1.54) is 17.6 Å². The highest BCUT2D eigenvalue weighted by atomic mass is 35.5. The van der Waals surface area contributed by atoms with E-state index in [1.54, 1.807) is 41.3 Å². The van der Waals surface area contributed by atoms with Crippen molar-refractivity contribution in [1.82, 2.24) is 9.88 Å². The Morgan fingerprint density at radius 1 is 1.13 bits per heavy atom. The van der Waals surface area contributed by atoms with Crippen molar-refractivity contribution in [2.24, 2.45) is 0 Å². The first-order valence-corrected chi connectivity index (χ1v) is 12.9. The fourth-order valence-corrected chi connectivity index (χ4v) is 5.47. The lowest BCUT2D eigenvalue weighted by Crippen LogP contribution is -2.50. The van der Waals surface area contributed by atoms with Crippen molar-refractivity contribution in [2.75, 3.05) is 43.9 Å². The monoisotopic (exact) mass is 499 g/mol. The van der Waals surface area contributed by atoms with E-state index in [2.05, 4.69) is 9.88 Å². The highest BCUT2D eigenvalue weighted by molar-refractivity contribution is 7.90. The molecule has 7 nitrogen and oxygen atoms in total. The summed E-state index contributed by atoms with van der Waals surface area (Å²) in [5, 5.41) is 1.68. The number of amides is 1. The van der Waals surface area contributed by atoms with Crippen LogP contribution in [0.25, 0.3) is 10.2 Å². The summed E-state index contributed by atoms with van der Waals surface area (Å²) in [5.41, 5.74) is 0.763. The molecule has 1 amide bonds. The minimum atomic E-state index is -3.26. The molecule has 2 heterocycles. The number of hydrogen-bond donors (Lipinski definition) is 0. The lowest BCUT2D eigenvalue weighted by atomic mass is 10.3. The van der Waals surface area contributed by atoms with Gasteiger partial charge in [-0.3, -0.25) is 4.79 Å². The molecular formula is C20H19Cl2N3O4S2. The average molecular weight is 500 g/mol. The second-order valence-electron chi connectivity index (χ2n) is 7.13. The first-order chi connectivity index (χ1) is 14.7. The normalized spacial score (nSPS) is 14.8. The first-order valence-electron chi connectivity index (χ1n) is 9.42. The Morgan fingerprint density at radius 3 is 2.55 bits per heavy atom. The number of benzene rings is 2. The molecule has 0 saturated carbocycles. The Hall–Kier alpha value is -2.07. The Morgan fingerprint density at radius 2 is 1.87 bits per heavy atom. The third-order valence-corrected chi connectivity index (χ3v) is 7.64. The van der Waals surface area contributed by atoms with Crippen LogP contribution < -0.4 is 9.64 Å². The number of rotatable bonds is 5. The van der Waals surface area contributed by atoms with Gasteiger partial charge in [0.25, 0.3) is 5.91 Å². The number of carbonyl (C=O) groups is 1. The lowest BCUT2D eigenvalue weighted by molar-refractivity contribution is -0.133. The third kappa shape index (κ3) is 5.06. The predicted octanol–water partition coefficient (Wildman–Crippen LogP) is 3.73. The molecule has 0 atom stereocenters. The van der Waals surface area contributed by atoms with Crippen LogP contribution in [0, 0.1) is 0 Å². The molecule has 0 unspecified atom stereocenters. The smallest absolute Gasteiger partial charge is 0.260 e. The summed E-state index contributed by atoms with van der Waals surface area (Å²) in [6.07, 6.45) is 1.19. The largest absolute Gasteiger partial charge is 0.482 e. The number of sulfone groups is 1. The van der Waals surface area contributed by atoms with Gasteiger partial charge < -0.3 is 14.5 Å². The van der Waals surface area contributed by atoms with Crippen molar-refractivity contribution in [3.05, 3.63) is 46.4 Å². The maximum atomic E-state index is 12.5. The molecule has 2 aromatic carbocycles. The maximum Gasteiger partial charge on any atom is 0.260 e. The lowest BCUT2D eigenvalue weighted by Gasteiger charge is -2.34. The van der Waals surface area contributed by atoms with Crippen LogP contribution in [0.5, 0.6) is 5.75 Å². The van der Waals surface area contributed by atoms with E-state index < -0.39 is 9.84 Å². The number of fused-ring (bicyclic) bond motifs is 1. The summed E-state index contributed by atoms with van der Waals surface area (Å²) in [6, 6.07) is 9.82. The summed E-state index contributed by atoms with van der Waals surface area (Å²) in [5.74, 6) is 0.300. The van der Waals surface area contributed by atoms with Gasteiger partial charge in [-0.2, -0.15) is 0 Å². The number of ether oxygens (including phenoxy) is 1. The minimum Gasteiger partial charge on any atom is -0.482 e. The first kappa shape index (κ1) is 22.1. The maximum absolute atomic E-state index is 12.5. The number of aromatic nitrogens is 1. The van der Waals surface area contributed by atoms with Crippen LogP contribution in [0.1, 0.15) is 0 Å². The van der Waals surface area contributed by atoms with Crippen molar-refractivity contribution in [1.29, 1.82) is 0 Å². The minimum absolute atomic E-state index is 0.100. The van der Waals surface area contributed by atoms with E-state index in [9.17, 15) is 13.2 Å². The fraction of sp³-hybridized carbons (Fsp3) is 0.300. The van der Waals surface area contributed by atoms with Crippen LogP contribution in [0.15, 0.2) is 41.3 Å². The van der Waals surface area contributed by atoms with Gasteiger partial charge in [0.05, 0.1) is 20.1 Å². The van der Waals surface area contributed by atoms with Crippen molar-refractivity contribution in [2.45, 2.75) is 4.90 Å². The highest BCUT2D eigenvalue weighted by Crippen LogP contribution is 2.31. The van der Waals surface area contributed by atoms with Gasteiger partial charge in [0, 0.05) is 37.5 Å². The third-order valence-electron chi connectivity index (χ3n) is 4.92. The number of carbonyl (C=O) groups excluding carboxylic acids is 1. The van der Waals surface area contributed by atoms with Crippen LogP contribution in [-0.2, 0) is 14.6 Å². The predicted molar refractivity (Wildman–Crippen MR) is 123 cm³/mol. The Labute approximate surface area is 194 Å². The van der Waals surface area contributed by atoms with Gasteiger partial charge in [-0.25, -0.2) is 13.4 Å². The molecule has 11 heteroatoms. The number of hydrogen-bond acceptors (Lipinski definition) is 7. The zero-order valence-electron chi connectivity index (χ0n) is 16.5. The molecule has 0 aliphatic carbocycles. The van der Waals surface area contributed by atoms with Gasteiger partial charge in [-0.1, -0.05) is 34.5 Å². The van der Waals surface area contributed by atoms with Crippen molar-refractivity contribution < 1.29 is 17.9 Å². The number of piperazine rings is 1. The molecule has 0 radical (unpaired) electrons. The van der Waals surface area contributed by atoms with Crippen LogP contribution in [0.3, 0.4) is 0 Å². The Kier molecular flexibility index (Phi) is 6.30. The fourth-order valence-electron chi connectivity index (χ4n) is 3.23. The zero-order valence-corrected chi connectivity index (χ0v) is 19.7. The molecule has 164 valence electrons. The highest BCUT2D eigenvalue weighted by Gasteiger charge is 2.24.